The van der Waals surface area contributed by atoms with Crippen molar-refractivity contribution in [3.05, 3.63) is 16.5 Å². The molecule has 1 heterocycles. The van der Waals surface area contributed by atoms with Crippen molar-refractivity contribution in [2.45, 2.75) is 25.8 Å². The number of nitrogens with zero attached hydrogens (tertiary/aromatic N) is 2. The summed E-state index contributed by atoms with van der Waals surface area (Å²) in [6.07, 6.45) is 2.20. The quantitative estimate of drug-likeness (QED) is 0.817. The molecule has 16 heavy (non-hydrogen) atoms. The summed E-state index contributed by atoms with van der Waals surface area (Å²) in [6, 6.07) is 2.14. The molecule has 86 valence electrons. The van der Waals surface area contributed by atoms with Crippen LogP contribution < -0.4 is 10.6 Å². The summed E-state index contributed by atoms with van der Waals surface area (Å²) in [5, 5.41) is 5.86. The second-order valence-corrected chi connectivity index (χ2v) is 4.63. The van der Waals surface area contributed by atoms with Crippen molar-refractivity contribution in [3.63, 3.8) is 0 Å². The highest BCUT2D eigenvalue weighted by atomic mass is 79.9. The van der Waals surface area contributed by atoms with E-state index < -0.39 is 0 Å². The first kappa shape index (κ1) is 11.3. The highest BCUT2D eigenvalue weighted by Crippen LogP contribution is 2.18. The number of hydrogen-bond donors (Lipinski definition) is 2. The lowest BCUT2D eigenvalue weighted by atomic mass is 10.5. The molecule has 2 rings (SSSR count). The fourth-order valence-electron chi connectivity index (χ4n) is 1.30. The maximum atomic E-state index is 11.4. The Labute approximate surface area is 102 Å². The zero-order chi connectivity index (χ0) is 11.5. The molecule has 1 aliphatic rings. The molecule has 1 fully saturated rings. The molecule has 6 heteroatoms. The Bertz CT molecular complexity index is 386. The third-order valence-electron chi connectivity index (χ3n) is 2.18. The van der Waals surface area contributed by atoms with Gasteiger partial charge in [-0.15, -0.1) is 0 Å². The van der Waals surface area contributed by atoms with Gasteiger partial charge in [-0.2, -0.15) is 0 Å². The van der Waals surface area contributed by atoms with Crippen LogP contribution in [-0.4, -0.2) is 28.5 Å². The van der Waals surface area contributed by atoms with Crippen molar-refractivity contribution >= 4 is 27.7 Å². The van der Waals surface area contributed by atoms with Gasteiger partial charge in [0.05, 0.1) is 6.54 Å². The minimum absolute atomic E-state index is 0.00916. The molecule has 0 spiro atoms. The Morgan fingerprint density at radius 1 is 1.56 bits per heavy atom. The zero-order valence-corrected chi connectivity index (χ0v) is 10.5. The van der Waals surface area contributed by atoms with E-state index in [1.807, 2.05) is 0 Å². The number of aromatic nitrogens is 2. The molecule has 1 aliphatic carbocycles. The van der Waals surface area contributed by atoms with E-state index >= 15 is 0 Å². The average molecular weight is 285 g/mol. The third-order valence-corrected chi connectivity index (χ3v) is 2.59. The number of hydrogen-bond acceptors (Lipinski definition) is 4. The number of carbonyl (C=O) groups excluding carboxylic acids is 1. The van der Waals surface area contributed by atoms with E-state index in [1.54, 1.807) is 13.0 Å². The predicted octanol–water partition coefficient (Wildman–Crippen LogP) is 1.24. The number of nitrogens with one attached hydrogen (secondary N) is 2. The number of halogens is 1. The second kappa shape index (κ2) is 4.78. The molecule has 1 amide bonds. The Morgan fingerprint density at radius 3 is 2.94 bits per heavy atom. The molecule has 2 N–H and O–H groups in total. The molecule has 0 radical (unpaired) electrons. The van der Waals surface area contributed by atoms with Crippen molar-refractivity contribution in [2.75, 3.05) is 11.9 Å². The van der Waals surface area contributed by atoms with Crippen molar-refractivity contribution < 1.29 is 4.79 Å². The topological polar surface area (TPSA) is 66.9 Å². The molecular weight excluding hydrogens is 272 g/mol. The van der Waals surface area contributed by atoms with Gasteiger partial charge in [0.15, 0.2) is 0 Å². The van der Waals surface area contributed by atoms with E-state index in [0.717, 1.165) is 12.8 Å². The molecule has 0 saturated heterocycles. The van der Waals surface area contributed by atoms with E-state index in [-0.39, 0.29) is 12.5 Å². The Hall–Kier alpha value is -1.17. The minimum Gasteiger partial charge on any atom is -0.361 e. The molecule has 0 unspecified atom stereocenters. The monoisotopic (exact) mass is 284 g/mol. The first-order chi connectivity index (χ1) is 7.63. The van der Waals surface area contributed by atoms with Gasteiger partial charge in [-0.05, 0) is 35.7 Å². The molecule has 0 aromatic carbocycles. The highest BCUT2D eigenvalue weighted by Gasteiger charge is 2.22. The molecule has 1 saturated carbocycles. The molecule has 0 aliphatic heterocycles. The van der Waals surface area contributed by atoms with Crippen molar-refractivity contribution in [1.82, 2.24) is 15.3 Å². The SMILES string of the molecule is Cc1nc(Br)cc(NCC(=O)NC2CC2)n1. The maximum Gasteiger partial charge on any atom is 0.239 e. The highest BCUT2D eigenvalue weighted by molar-refractivity contribution is 9.10. The largest absolute Gasteiger partial charge is 0.361 e. The first-order valence-corrected chi connectivity index (χ1v) is 5.97. The van der Waals surface area contributed by atoms with Crippen LogP contribution in [0.25, 0.3) is 0 Å². The van der Waals surface area contributed by atoms with Gasteiger partial charge in [-0.25, -0.2) is 9.97 Å². The number of aryl methyl sites for hydroxylation is 1. The summed E-state index contributed by atoms with van der Waals surface area (Å²) < 4.78 is 0.713. The Balaban J connectivity index is 1.85. The van der Waals surface area contributed by atoms with Crippen LogP contribution in [0.5, 0.6) is 0 Å². The molecule has 1 aromatic rings. The van der Waals surface area contributed by atoms with Crippen LogP contribution in [0, 0.1) is 6.92 Å². The smallest absolute Gasteiger partial charge is 0.239 e. The summed E-state index contributed by atoms with van der Waals surface area (Å²) >= 11 is 3.28. The van der Waals surface area contributed by atoms with Gasteiger partial charge >= 0.3 is 0 Å². The fourth-order valence-corrected chi connectivity index (χ4v) is 1.77. The average Bonchev–Trinajstić information content (AvgIpc) is 2.97. The summed E-state index contributed by atoms with van der Waals surface area (Å²) in [5.74, 6) is 1.33. The summed E-state index contributed by atoms with van der Waals surface area (Å²) in [5.41, 5.74) is 0. The Kier molecular flexibility index (Phi) is 3.38. The van der Waals surface area contributed by atoms with Gasteiger partial charge in [0.2, 0.25) is 5.91 Å². The van der Waals surface area contributed by atoms with E-state index in [9.17, 15) is 4.79 Å². The van der Waals surface area contributed by atoms with Crippen LogP contribution in [-0.2, 0) is 4.79 Å². The second-order valence-electron chi connectivity index (χ2n) is 3.82. The van der Waals surface area contributed by atoms with Gasteiger partial charge in [0, 0.05) is 12.1 Å². The van der Waals surface area contributed by atoms with E-state index in [1.165, 1.54) is 0 Å². The fraction of sp³-hybridized carbons (Fsp3) is 0.500. The van der Waals surface area contributed by atoms with Gasteiger partial charge in [-0.1, -0.05) is 0 Å². The van der Waals surface area contributed by atoms with Gasteiger partial charge in [0.25, 0.3) is 0 Å². The summed E-state index contributed by atoms with van der Waals surface area (Å²) in [4.78, 5) is 19.7. The molecule has 0 atom stereocenters. The van der Waals surface area contributed by atoms with Crippen LogP contribution in [0.3, 0.4) is 0 Å². The van der Waals surface area contributed by atoms with Crippen LogP contribution in [0.1, 0.15) is 18.7 Å². The van der Waals surface area contributed by atoms with Crippen LogP contribution in [0.15, 0.2) is 10.7 Å². The van der Waals surface area contributed by atoms with Gasteiger partial charge in [-0.3, -0.25) is 4.79 Å². The van der Waals surface area contributed by atoms with Crippen molar-refractivity contribution in [3.8, 4) is 0 Å². The molecule has 5 nitrogen and oxygen atoms in total. The summed E-state index contributed by atoms with van der Waals surface area (Å²) in [6.45, 7) is 2.06. The maximum absolute atomic E-state index is 11.4. The first-order valence-electron chi connectivity index (χ1n) is 5.18. The lowest BCUT2D eigenvalue weighted by Gasteiger charge is -2.06. The van der Waals surface area contributed by atoms with E-state index in [0.29, 0.717) is 22.3 Å². The van der Waals surface area contributed by atoms with Crippen molar-refractivity contribution in [1.29, 1.82) is 0 Å². The van der Waals surface area contributed by atoms with Crippen LogP contribution in [0.2, 0.25) is 0 Å². The summed E-state index contributed by atoms with van der Waals surface area (Å²) in [7, 11) is 0. The Morgan fingerprint density at radius 2 is 2.31 bits per heavy atom. The predicted molar refractivity (Wildman–Crippen MR) is 64.1 cm³/mol. The number of rotatable bonds is 4. The minimum atomic E-state index is 0.00916. The number of amides is 1. The standard InChI is InChI=1S/C10H13BrN4O/c1-6-13-8(11)4-9(14-6)12-5-10(16)15-7-2-3-7/h4,7H,2-3,5H2,1H3,(H,15,16)(H,12,13,14). The molecular formula is C10H13BrN4O. The number of carbonyl (C=O) groups is 1. The van der Waals surface area contributed by atoms with Gasteiger partial charge in [0.1, 0.15) is 16.2 Å². The van der Waals surface area contributed by atoms with Gasteiger partial charge < -0.3 is 10.6 Å². The molecule has 0 bridgehead atoms. The lowest BCUT2D eigenvalue weighted by molar-refractivity contribution is -0.119. The van der Waals surface area contributed by atoms with Crippen LogP contribution in [0.4, 0.5) is 5.82 Å². The van der Waals surface area contributed by atoms with E-state index in [4.69, 9.17) is 0 Å². The third kappa shape index (κ3) is 3.44. The lowest BCUT2D eigenvalue weighted by Crippen LogP contribution is -2.31. The zero-order valence-electron chi connectivity index (χ0n) is 8.96. The molecule has 1 aromatic heterocycles. The van der Waals surface area contributed by atoms with E-state index in [2.05, 4.69) is 36.5 Å². The number of anilines is 1. The van der Waals surface area contributed by atoms with Crippen LogP contribution >= 0.6 is 15.9 Å². The normalized spacial score (nSPS) is 14.6. The van der Waals surface area contributed by atoms with Crippen molar-refractivity contribution in [2.24, 2.45) is 0 Å².